The summed E-state index contributed by atoms with van der Waals surface area (Å²) in [5, 5.41) is 5.33. The molecule has 0 unspecified atom stereocenters. The highest BCUT2D eigenvalue weighted by atomic mass is 16.3. The molecule has 1 heterocycles. The minimum absolute atomic E-state index is 0.855. The predicted molar refractivity (Wildman–Crippen MR) is 109 cm³/mol. The highest BCUT2D eigenvalue weighted by Gasteiger charge is 2.18. The second-order valence-electron chi connectivity index (χ2n) is 6.61. The molecule has 1 aliphatic carbocycles. The second-order valence-corrected chi connectivity index (χ2v) is 6.61. The van der Waals surface area contributed by atoms with Crippen molar-refractivity contribution in [1.29, 1.82) is 0 Å². The van der Waals surface area contributed by atoms with E-state index in [0.717, 1.165) is 38.9 Å². The molecule has 3 heteroatoms. The van der Waals surface area contributed by atoms with Crippen LogP contribution in [0.5, 0.6) is 0 Å². The molecule has 1 N–H and O–H groups in total. The van der Waals surface area contributed by atoms with Gasteiger partial charge in [-0.3, -0.25) is 4.99 Å². The van der Waals surface area contributed by atoms with Crippen LogP contribution < -0.4 is 10.7 Å². The van der Waals surface area contributed by atoms with Gasteiger partial charge in [0.1, 0.15) is 11.3 Å². The maximum Gasteiger partial charge on any atom is 0.137 e. The molecule has 3 nitrogen and oxygen atoms in total. The molecule has 1 aliphatic heterocycles. The number of anilines is 1. The van der Waals surface area contributed by atoms with Crippen LogP contribution in [-0.2, 0) is 0 Å². The van der Waals surface area contributed by atoms with Crippen molar-refractivity contribution in [2.45, 2.75) is 13.8 Å². The van der Waals surface area contributed by atoms with E-state index in [4.69, 9.17) is 4.42 Å². The monoisotopic (exact) mass is 342 g/mol. The van der Waals surface area contributed by atoms with Crippen molar-refractivity contribution in [3.05, 3.63) is 71.1 Å². The first kappa shape index (κ1) is 16.4. The molecule has 0 fully saturated rings. The van der Waals surface area contributed by atoms with Crippen LogP contribution >= 0.6 is 0 Å². The van der Waals surface area contributed by atoms with Crippen LogP contribution in [0, 0.1) is 13.8 Å². The van der Waals surface area contributed by atoms with Gasteiger partial charge in [0.2, 0.25) is 0 Å². The molecule has 0 radical (unpaired) electrons. The van der Waals surface area contributed by atoms with Crippen molar-refractivity contribution in [3.63, 3.8) is 0 Å². The lowest BCUT2D eigenvalue weighted by Crippen LogP contribution is -2.07. The molecule has 0 spiro atoms. The van der Waals surface area contributed by atoms with Crippen LogP contribution in [0.1, 0.15) is 11.1 Å². The molecule has 0 saturated carbocycles. The van der Waals surface area contributed by atoms with Gasteiger partial charge in [-0.2, -0.15) is 0 Å². The minimum Gasteiger partial charge on any atom is -0.456 e. The highest BCUT2D eigenvalue weighted by molar-refractivity contribution is 6.03. The summed E-state index contributed by atoms with van der Waals surface area (Å²) in [5.74, 6) is 0.855. The van der Waals surface area contributed by atoms with Crippen LogP contribution in [0.2, 0.25) is 0 Å². The van der Waals surface area contributed by atoms with Crippen molar-refractivity contribution in [2.24, 2.45) is 4.99 Å². The van der Waals surface area contributed by atoms with E-state index in [2.05, 4.69) is 66.6 Å². The van der Waals surface area contributed by atoms with Crippen molar-refractivity contribution in [1.82, 2.24) is 0 Å². The van der Waals surface area contributed by atoms with Gasteiger partial charge in [0.15, 0.2) is 0 Å². The molecule has 2 aromatic carbocycles. The zero-order chi connectivity index (χ0) is 18.3. The molecule has 130 valence electrons. The molecular formula is C23H22N2O. The average Bonchev–Trinajstić information content (AvgIpc) is 2.66. The summed E-state index contributed by atoms with van der Waals surface area (Å²) in [6, 6.07) is 19.0. The van der Waals surface area contributed by atoms with Crippen LogP contribution in [-0.4, -0.2) is 14.1 Å². The quantitative estimate of drug-likeness (QED) is 0.496. The molecule has 0 aromatic heterocycles. The van der Waals surface area contributed by atoms with E-state index in [9.17, 15) is 0 Å². The van der Waals surface area contributed by atoms with Gasteiger partial charge in [0, 0.05) is 48.4 Å². The van der Waals surface area contributed by atoms with Gasteiger partial charge in [-0.1, -0.05) is 30.3 Å². The lowest BCUT2D eigenvalue weighted by atomic mass is 9.92. The largest absolute Gasteiger partial charge is 0.456 e. The Morgan fingerprint density at radius 1 is 0.923 bits per heavy atom. The zero-order valence-electron chi connectivity index (χ0n) is 15.6. The van der Waals surface area contributed by atoms with E-state index < -0.39 is 0 Å². The second kappa shape index (κ2) is 6.34. The van der Waals surface area contributed by atoms with Crippen LogP contribution in [0.3, 0.4) is 0 Å². The SMILES string of the molecule is CN=c1cc2oc3cc(NC)c(C)cc3c(-c3ccccc3)c-2cc1C. The molecule has 2 aliphatic rings. The zero-order valence-corrected chi connectivity index (χ0v) is 15.6. The molecule has 0 saturated heterocycles. The van der Waals surface area contributed by atoms with Gasteiger partial charge >= 0.3 is 0 Å². The molecule has 4 rings (SSSR count). The number of hydrogen-bond acceptors (Lipinski definition) is 3. The molecule has 2 aromatic rings. The van der Waals surface area contributed by atoms with E-state index in [1.807, 2.05) is 26.2 Å². The van der Waals surface area contributed by atoms with E-state index in [1.54, 1.807) is 0 Å². The van der Waals surface area contributed by atoms with Gasteiger partial charge in [0.05, 0.1) is 5.36 Å². The lowest BCUT2D eigenvalue weighted by Gasteiger charge is -2.18. The minimum atomic E-state index is 0.855. The lowest BCUT2D eigenvalue weighted by molar-refractivity contribution is 0.618. The highest BCUT2D eigenvalue weighted by Crippen LogP contribution is 2.41. The maximum absolute atomic E-state index is 6.30. The third-order valence-corrected chi connectivity index (χ3v) is 4.96. The Balaban J connectivity index is 2.22. The number of rotatable bonds is 2. The Labute approximate surface area is 153 Å². The van der Waals surface area contributed by atoms with Crippen LogP contribution in [0.4, 0.5) is 5.69 Å². The fourth-order valence-electron chi connectivity index (χ4n) is 3.61. The Hall–Kier alpha value is -3.07. The van der Waals surface area contributed by atoms with Gasteiger partial charge in [-0.25, -0.2) is 0 Å². The Bertz CT molecular complexity index is 1140. The van der Waals surface area contributed by atoms with Crippen molar-refractivity contribution < 1.29 is 4.42 Å². The van der Waals surface area contributed by atoms with E-state index in [0.29, 0.717) is 0 Å². The summed E-state index contributed by atoms with van der Waals surface area (Å²) in [7, 11) is 3.75. The molecule has 0 amide bonds. The summed E-state index contributed by atoms with van der Waals surface area (Å²) in [5.41, 5.74) is 7.81. The third kappa shape index (κ3) is 2.57. The normalized spacial score (nSPS) is 12.1. The van der Waals surface area contributed by atoms with Crippen molar-refractivity contribution in [3.8, 4) is 22.5 Å². The summed E-state index contributed by atoms with van der Waals surface area (Å²) >= 11 is 0. The first-order valence-electron chi connectivity index (χ1n) is 8.80. The van der Waals surface area contributed by atoms with Crippen molar-refractivity contribution in [2.75, 3.05) is 19.4 Å². The van der Waals surface area contributed by atoms with Crippen LogP contribution in [0.15, 0.2) is 64.0 Å². The number of aryl methyl sites for hydroxylation is 2. The van der Waals surface area contributed by atoms with Gasteiger partial charge in [-0.05, 0) is 42.7 Å². The van der Waals surface area contributed by atoms with E-state index in [-0.39, 0.29) is 0 Å². The number of nitrogens with one attached hydrogen (secondary N) is 1. The van der Waals surface area contributed by atoms with Gasteiger partial charge < -0.3 is 9.73 Å². The average molecular weight is 342 g/mol. The number of benzene rings is 3. The number of hydrogen-bond donors (Lipinski definition) is 1. The maximum atomic E-state index is 6.30. The predicted octanol–water partition coefficient (Wildman–Crippen LogP) is 5.39. The number of fused-ring (bicyclic) bond motifs is 2. The summed E-state index contributed by atoms with van der Waals surface area (Å²) in [4.78, 5) is 4.38. The van der Waals surface area contributed by atoms with Gasteiger partial charge in [-0.15, -0.1) is 0 Å². The Morgan fingerprint density at radius 3 is 2.38 bits per heavy atom. The van der Waals surface area contributed by atoms with E-state index in [1.165, 1.54) is 16.7 Å². The molecular weight excluding hydrogens is 320 g/mol. The Morgan fingerprint density at radius 2 is 1.69 bits per heavy atom. The fourth-order valence-corrected chi connectivity index (χ4v) is 3.61. The summed E-state index contributed by atoms with van der Waals surface area (Å²) in [6.07, 6.45) is 0. The Kier molecular flexibility index (Phi) is 4.00. The number of nitrogens with zero attached hydrogens (tertiary/aromatic N) is 1. The molecule has 26 heavy (non-hydrogen) atoms. The summed E-state index contributed by atoms with van der Waals surface area (Å²) in [6.45, 7) is 4.21. The molecule has 0 bridgehead atoms. The fraction of sp³-hybridized carbons (Fsp3) is 0.174. The summed E-state index contributed by atoms with van der Waals surface area (Å²) < 4.78 is 6.30. The van der Waals surface area contributed by atoms with E-state index >= 15 is 0 Å². The first-order valence-corrected chi connectivity index (χ1v) is 8.80. The first-order chi connectivity index (χ1) is 12.6. The van der Waals surface area contributed by atoms with Crippen LogP contribution in [0.25, 0.3) is 33.4 Å². The van der Waals surface area contributed by atoms with Gasteiger partial charge in [0.25, 0.3) is 0 Å². The smallest absolute Gasteiger partial charge is 0.137 e. The topological polar surface area (TPSA) is 37.5 Å². The third-order valence-electron chi connectivity index (χ3n) is 4.96. The standard InChI is InChI=1S/C23H22N2O/c1-14-10-17-21(12-19(14)24-3)26-22-13-20(25-4)15(2)11-18(22)23(17)16-8-6-5-7-9-16/h5-13,24H,1-4H3. The molecule has 0 atom stereocenters. The van der Waals surface area contributed by atoms with Crippen molar-refractivity contribution >= 4 is 16.7 Å².